The third kappa shape index (κ3) is 2.18. The van der Waals surface area contributed by atoms with Crippen LogP contribution in [0, 0.1) is 9.49 Å². The lowest BCUT2D eigenvalue weighted by molar-refractivity contribution is 0.0682. The molecule has 1 saturated heterocycles. The van der Waals surface area contributed by atoms with Gasteiger partial charge in [0.1, 0.15) is 5.69 Å². The molecule has 0 saturated carbocycles. The second-order valence-corrected chi connectivity index (χ2v) is 6.16. The molecule has 0 spiro atoms. The summed E-state index contributed by atoms with van der Waals surface area (Å²) in [5.41, 5.74) is 0.416. The van der Waals surface area contributed by atoms with Gasteiger partial charge in [0.15, 0.2) is 0 Å². The van der Waals surface area contributed by atoms with Crippen LogP contribution in [-0.2, 0) is 0 Å². The molecule has 0 radical (unpaired) electrons. The lowest BCUT2D eigenvalue weighted by atomic mass is 10.1. The minimum Gasteiger partial charge on any atom is -0.477 e. The number of carbonyl (C=O) groups is 1. The van der Waals surface area contributed by atoms with Crippen LogP contribution in [0.5, 0.6) is 0 Å². The summed E-state index contributed by atoms with van der Waals surface area (Å²) in [6, 6.07) is 2.07. The lowest BCUT2D eigenvalue weighted by Crippen LogP contribution is -2.18. The number of thioether (sulfide) groups is 1. The number of carboxylic acid groups (broad SMARTS) is 1. The van der Waals surface area contributed by atoms with Crippen LogP contribution in [0.3, 0.4) is 0 Å². The van der Waals surface area contributed by atoms with Crippen LogP contribution in [0.25, 0.3) is 0 Å². The van der Waals surface area contributed by atoms with Gasteiger partial charge in [-0.05, 0) is 40.3 Å². The van der Waals surface area contributed by atoms with Gasteiger partial charge in [-0.1, -0.05) is 6.92 Å². The molecule has 0 aliphatic carbocycles. The van der Waals surface area contributed by atoms with Crippen LogP contribution in [0.2, 0.25) is 0 Å². The number of halogens is 1. The Hall–Kier alpha value is -0.170. The van der Waals surface area contributed by atoms with Gasteiger partial charge in [0, 0.05) is 21.6 Å². The van der Waals surface area contributed by atoms with Gasteiger partial charge in [0.05, 0.1) is 0 Å². The fourth-order valence-electron chi connectivity index (χ4n) is 1.90. The van der Waals surface area contributed by atoms with Gasteiger partial charge in [-0.3, -0.25) is 0 Å². The normalized spacial score (nSPS) is 25.7. The zero-order valence-corrected chi connectivity index (χ0v) is 11.3. The van der Waals surface area contributed by atoms with Crippen LogP contribution in [0.4, 0.5) is 0 Å². The van der Waals surface area contributed by atoms with E-state index in [1.807, 2.05) is 22.5 Å². The molecular formula is C10H12INO2S. The van der Waals surface area contributed by atoms with Crippen molar-refractivity contribution in [2.24, 2.45) is 5.92 Å². The third-order valence-electron chi connectivity index (χ3n) is 2.72. The first-order chi connectivity index (χ1) is 7.09. The van der Waals surface area contributed by atoms with Gasteiger partial charge >= 0.3 is 5.97 Å². The van der Waals surface area contributed by atoms with E-state index in [4.69, 9.17) is 5.11 Å². The minimum atomic E-state index is -0.831. The average Bonchev–Trinajstić information content (AvgIpc) is 2.71. The molecular weight excluding hydrogens is 325 g/mol. The summed E-state index contributed by atoms with van der Waals surface area (Å²) in [4.78, 5) is 11.1. The molecule has 2 unspecified atom stereocenters. The van der Waals surface area contributed by atoms with E-state index >= 15 is 0 Å². The number of aromatic carboxylic acids is 1. The molecule has 1 aliphatic heterocycles. The largest absolute Gasteiger partial charge is 0.477 e. The fraction of sp³-hybridized carbons (Fsp3) is 0.500. The highest BCUT2D eigenvalue weighted by atomic mass is 127. The maximum Gasteiger partial charge on any atom is 0.352 e. The quantitative estimate of drug-likeness (QED) is 0.844. The molecule has 0 aromatic carbocycles. The lowest BCUT2D eigenvalue weighted by Gasteiger charge is -2.18. The Morgan fingerprint density at radius 2 is 2.40 bits per heavy atom. The first-order valence-corrected chi connectivity index (χ1v) is 7.01. The highest BCUT2D eigenvalue weighted by molar-refractivity contribution is 14.1. The van der Waals surface area contributed by atoms with Crippen LogP contribution >= 0.6 is 34.4 Å². The van der Waals surface area contributed by atoms with Gasteiger partial charge in [-0.2, -0.15) is 11.8 Å². The van der Waals surface area contributed by atoms with E-state index < -0.39 is 5.97 Å². The fourth-order valence-corrected chi connectivity index (χ4v) is 3.95. The van der Waals surface area contributed by atoms with Crippen molar-refractivity contribution in [3.63, 3.8) is 0 Å². The number of carboxylic acids is 1. The van der Waals surface area contributed by atoms with Crippen molar-refractivity contribution >= 4 is 40.3 Å². The number of aromatic nitrogens is 1. The Bertz CT molecular complexity index is 391. The van der Waals surface area contributed by atoms with Gasteiger partial charge in [0.25, 0.3) is 0 Å². The van der Waals surface area contributed by atoms with E-state index in [-0.39, 0.29) is 0 Å². The molecule has 82 valence electrons. The Balaban J connectivity index is 2.38. The summed E-state index contributed by atoms with van der Waals surface area (Å²) in [6.07, 6.45) is 1.94. The summed E-state index contributed by atoms with van der Waals surface area (Å²) in [6.45, 7) is 2.18. The highest BCUT2D eigenvalue weighted by Gasteiger charge is 2.28. The Morgan fingerprint density at radius 1 is 1.67 bits per heavy atom. The van der Waals surface area contributed by atoms with Crippen molar-refractivity contribution < 1.29 is 9.90 Å². The minimum absolute atomic E-state index is 0.338. The van der Waals surface area contributed by atoms with Gasteiger partial charge in [-0.25, -0.2) is 4.79 Å². The topological polar surface area (TPSA) is 42.2 Å². The molecule has 2 atom stereocenters. The van der Waals surface area contributed by atoms with E-state index in [1.165, 1.54) is 0 Å². The predicted octanol–water partition coefficient (Wildman–Crippen LogP) is 2.71. The molecule has 15 heavy (non-hydrogen) atoms. The smallest absolute Gasteiger partial charge is 0.352 e. The van der Waals surface area contributed by atoms with E-state index in [0.717, 1.165) is 15.1 Å². The monoisotopic (exact) mass is 337 g/mol. The summed E-state index contributed by atoms with van der Waals surface area (Å²) in [5.74, 6) is 1.86. The van der Waals surface area contributed by atoms with Gasteiger partial charge in [-0.15, -0.1) is 0 Å². The summed E-state index contributed by atoms with van der Waals surface area (Å²) < 4.78 is 2.92. The van der Waals surface area contributed by atoms with Crippen molar-refractivity contribution in [3.05, 3.63) is 21.5 Å². The number of hydrogen-bond acceptors (Lipinski definition) is 2. The van der Waals surface area contributed by atoms with Crippen molar-refractivity contribution in [2.45, 2.75) is 13.0 Å². The van der Waals surface area contributed by atoms with Gasteiger partial charge < -0.3 is 9.67 Å². The van der Waals surface area contributed by atoms with Crippen LogP contribution in [-0.4, -0.2) is 27.1 Å². The van der Waals surface area contributed by atoms with Crippen molar-refractivity contribution in [1.82, 2.24) is 4.57 Å². The van der Waals surface area contributed by atoms with Crippen LogP contribution in [0.15, 0.2) is 12.3 Å². The standard InChI is InChI=1S/C10H12INO2S/c1-6-4-15-5-9(6)12-3-7(11)2-8(12)10(13)14/h2-3,6,9H,4-5H2,1H3,(H,13,14). The molecule has 5 heteroatoms. The predicted molar refractivity (Wildman–Crippen MR) is 69.6 cm³/mol. The molecule has 2 rings (SSSR count). The zero-order valence-electron chi connectivity index (χ0n) is 8.31. The molecule has 1 fully saturated rings. The van der Waals surface area contributed by atoms with Crippen molar-refractivity contribution in [2.75, 3.05) is 11.5 Å². The van der Waals surface area contributed by atoms with E-state index in [1.54, 1.807) is 6.07 Å². The SMILES string of the molecule is CC1CSCC1n1cc(I)cc1C(=O)O. The Labute approximate surface area is 106 Å². The molecule has 0 bridgehead atoms. The maximum atomic E-state index is 11.1. The Kier molecular flexibility index (Phi) is 3.30. The number of hydrogen-bond donors (Lipinski definition) is 1. The summed E-state index contributed by atoms with van der Waals surface area (Å²) in [5, 5.41) is 9.09. The second-order valence-electron chi connectivity index (χ2n) is 3.84. The second kappa shape index (κ2) is 4.37. The maximum absolute atomic E-state index is 11.1. The van der Waals surface area contributed by atoms with Gasteiger partial charge in [0.2, 0.25) is 0 Å². The molecule has 1 aromatic heterocycles. The molecule has 0 amide bonds. The van der Waals surface area contributed by atoms with E-state index in [9.17, 15) is 4.79 Å². The van der Waals surface area contributed by atoms with Crippen molar-refractivity contribution in [1.29, 1.82) is 0 Å². The third-order valence-corrected chi connectivity index (χ3v) is 4.65. The molecule has 1 aliphatic rings. The van der Waals surface area contributed by atoms with Crippen LogP contribution < -0.4 is 0 Å². The molecule has 1 N–H and O–H groups in total. The zero-order chi connectivity index (χ0) is 11.0. The van der Waals surface area contributed by atoms with E-state index in [2.05, 4.69) is 29.5 Å². The molecule has 1 aromatic rings. The first kappa shape index (κ1) is 11.3. The number of rotatable bonds is 2. The molecule has 3 nitrogen and oxygen atoms in total. The summed E-state index contributed by atoms with van der Waals surface area (Å²) in [7, 11) is 0. The average molecular weight is 337 g/mol. The summed E-state index contributed by atoms with van der Waals surface area (Å²) >= 11 is 4.06. The van der Waals surface area contributed by atoms with Crippen molar-refractivity contribution in [3.8, 4) is 0 Å². The Morgan fingerprint density at radius 3 is 2.93 bits per heavy atom. The highest BCUT2D eigenvalue weighted by Crippen LogP contribution is 2.35. The van der Waals surface area contributed by atoms with Crippen LogP contribution in [0.1, 0.15) is 23.5 Å². The first-order valence-electron chi connectivity index (χ1n) is 4.78. The molecule has 2 heterocycles. The number of nitrogens with zero attached hydrogens (tertiary/aromatic N) is 1. The van der Waals surface area contributed by atoms with E-state index in [0.29, 0.717) is 17.7 Å².